The number of ether oxygens (including phenoxy) is 1. The highest BCUT2D eigenvalue weighted by molar-refractivity contribution is 7.09. The molecule has 1 fully saturated rings. The lowest BCUT2D eigenvalue weighted by atomic mass is 10.2. The van der Waals surface area contributed by atoms with Crippen LogP contribution in [0.15, 0.2) is 54.0 Å². The van der Waals surface area contributed by atoms with E-state index in [0.717, 1.165) is 47.3 Å². The molecule has 158 valence electrons. The minimum atomic E-state index is -0.0483. The molecule has 3 aromatic heterocycles. The number of aryl methyl sites for hydroxylation is 1. The van der Waals surface area contributed by atoms with E-state index in [9.17, 15) is 4.79 Å². The van der Waals surface area contributed by atoms with Crippen LogP contribution < -0.4 is 4.74 Å². The molecule has 1 amide bonds. The molecule has 1 atom stereocenters. The number of carbonyl (C=O) groups is 1. The van der Waals surface area contributed by atoms with Gasteiger partial charge in [0.2, 0.25) is 5.91 Å². The second kappa shape index (κ2) is 8.47. The minimum Gasteiger partial charge on any atom is -0.486 e. The summed E-state index contributed by atoms with van der Waals surface area (Å²) in [5.41, 5.74) is 2.78. The average Bonchev–Trinajstić information content (AvgIpc) is 3.52. The van der Waals surface area contributed by atoms with E-state index < -0.39 is 0 Å². The van der Waals surface area contributed by atoms with E-state index in [0.29, 0.717) is 6.61 Å². The molecule has 0 saturated carbocycles. The van der Waals surface area contributed by atoms with Gasteiger partial charge in [0.15, 0.2) is 11.5 Å². The fraction of sp³-hybridized carbons (Fsp3) is 0.304. The van der Waals surface area contributed by atoms with Crippen molar-refractivity contribution < 1.29 is 9.53 Å². The summed E-state index contributed by atoms with van der Waals surface area (Å²) in [6.45, 7) is 3.18. The largest absolute Gasteiger partial charge is 0.486 e. The third kappa shape index (κ3) is 4.16. The molecule has 1 aromatic carbocycles. The zero-order chi connectivity index (χ0) is 21.2. The van der Waals surface area contributed by atoms with Crippen LogP contribution in [0.4, 0.5) is 0 Å². The Hall–Kier alpha value is -3.26. The van der Waals surface area contributed by atoms with Gasteiger partial charge in [-0.05, 0) is 44.0 Å². The summed E-state index contributed by atoms with van der Waals surface area (Å²) in [5, 5.41) is 11.4. The Bertz CT molecular complexity index is 1200. The Morgan fingerprint density at radius 2 is 2.06 bits per heavy atom. The van der Waals surface area contributed by atoms with Gasteiger partial charge in [-0.25, -0.2) is 4.98 Å². The van der Waals surface area contributed by atoms with E-state index in [2.05, 4.69) is 15.2 Å². The van der Waals surface area contributed by atoms with Crippen LogP contribution in [0, 0.1) is 6.92 Å². The molecule has 4 heterocycles. The number of hydrogen-bond donors (Lipinski definition) is 0. The second-order valence-corrected chi connectivity index (χ2v) is 8.69. The monoisotopic (exact) mass is 433 g/mol. The van der Waals surface area contributed by atoms with Crippen molar-refractivity contribution >= 4 is 22.9 Å². The number of fused-ring (bicyclic) bond motifs is 1. The fourth-order valence-corrected chi connectivity index (χ4v) is 4.66. The summed E-state index contributed by atoms with van der Waals surface area (Å²) in [6.07, 6.45) is 4.10. The highest BCUT2D eigenvalue weighted by Crippen LogP contribution is 2.31. The van der Waals surface area contributed by atoms with Crippen molar-refractivity contribution in [2.24, 2.45) is 0 Å². The maximum absolute atomic E-state index is 13.1. The minimum absolute atomic E-state index is 0.0483. The number of nitrogens with zero attached hydrogens (tertiary/aromatic N) is 5. The first kappa shape index (κ1) is 19.7. The molecule has 0 N–H and O–H groups in total. The van der Waals surface area contributed by atoms with Crippen LogP contribution in [-0.2, 0) is 17.8 Å². The molecule has 0 spiro atoms. The summed E-state index contributed by atoms with van der Waals surface area (Å²) in [7, 11) is 0. The third-order valence-corrected chi connectivity index (χ3v) is 6.40. The van der Waals surface area contributed by atoms with Gasteiger partial charge in [-0.1, -0.05) is 23.8 Å². The van der Waals surface area contributed by atoms with E-state index in [1.54, 1.807) is 0 Å². The molecule has 4 aromatic rings. The molecule has 1 saturated heterocycles. The predicted molar refractivity (Wildman–Crippen MR) is 118 cm³/mol. The smallest absolute Gasteiger partial charge is 0.229 e. The molecule has 1 aliphatic rings. The topological polar surface area (TPSA) is 72.6 Å². The SMILES string of the molecule is Cc1ccc(OCc2nc(CC(=O)N3CCC[C@H]3c3nnc4ccccn34)cs2)cc1. The summed E-state index contributed by atoms with van der Waals surface area (Å²) in [5.74, 6) is 1.72. The van der Waals surface area contributed by atoms with Crippen LogP contribution in [0.5, 0.6) is 5.75 Å². The van der Waals surface area contributed by atoms with Gasteiger partial charge in [0, 0.05) is 18.1 Å². The fourth-order valence-electron chi connectivity index (χ4n) is 3.95. The second-order valence-electron chi connectivity index (χ2n) is 7.74. The van der Waals surface area contributed by atoms with Crippen molar-refractivity contribution in [1.29, 1.82) is 0 Å². The van der Waals surface area contributed by atoms with E-state index in [1.807, 2.05) is 70.3 Å². The van der Waals surface area contributed by atoms with Gasteiger partial charge in [0.1, 0.15) is 17.4 Å². The van der Waals surface area contributed by atoms with Crippen molar-refractivity contribution in [2.75, 3.05) is 6.54 Å². The van der Waals surface area contributed by atoms with Gasteiger partial charge in [-0.2, -0.15) is 0 Å². The number of hydrogen-bond acceptors (Lipinski definition) is 6. The van der Waals surface area contributed by atoms with Gasteiger partial charge in [0.25, 0.3) is 0 Å². The quantitative estimate of drug-likeness (QED) is 0.460. The number of amides is 1. The molecule has 0 unspecified atom stereocenters. The molecule has 7 nitrogen and oxygen atoms in total. The van der Waals surface area contributed by atoms with Crippen LogP contribution >= 0.6 is 11.3 Å². The zero-order valence-electron chi connectivity index (χ0n) is 17.3. The van der Waals surface area contributed by atoms with Crippen LogP contribution in [0.25, 0.3) is 5.65 Å². The lowest BCUT2D eigenvalue weighted by Gasteiger charge is -2.23. The first-order valence-corrected chi connectivity index (χ1v) is 11.3. The third-order valence-electron chi connectivity index (χ3n) is 5.53. The van der Waals surface area contributed by atoms with Crippen LogP contribution in [0.1, 0.15) is 41.0 Å². The first-order valence-electron chi connectivity index (χ1n) is 10.4. The number of pyridine rings is 1. The predicted octanol–water partition coefficient (Wildman–Crippen LogP) is 3.98. The van der Waals surface area contributed by atoms with Crippen LogP contribution in [0.3, 0.4) is 0 Å². The van der Waals surface area contributed by atoms with Crippen LogP contribution in [-0.4, -0.2) is 36.9 Å². The van der Waals surface area contributed by atoms with Crippen molar-refractivity contribution in [2.45, 2.75) is 38.8 Å². The molecule has 31 heavy (non-hydrogen) atoms. The number of likely N-dealkylation sites (tertiary alicyclic amines) is 1. The molecular weight excluding hydrogens is 410 g/mol. The van der Waals surface area contributed by atoms with Crippen LogP contribution in [0.2, 0.25) is 0 Å². The molecular formula is C23H23N5O2S. The Kier molecular flexibility index (Phi) is 5.38. The normalized spacial score (nSPS) is 16.2. The van der Waals surface area contributed by atoms with E-state index in [4.69, 9.17) is 4.74 Å². The lowest BCUT2D eigenvalue weighted by molar-refractivity contribution is -0.131. The highest BCUT2D eigenvalue weighted by atomic mass is 32.1. The Morgan fingerprint density at radius 1 is 1.19 bits per heavy atom. The first-order chi connectivity index (χ1) is 15.2. The van der Waals surface area contributed by atoms with Gasteiger partial charge in [-0.15, -0.1) is 21.5 Å². The Balaban J connectivity index is 1.24. The standard InChI is InChI=1S/C23H23N5O2S/c1-16-7-9-18(10-8-16)30-14-21-24-17(15-31-21)13-22(29)27-12-4-5-19(27)23-26-25-20-6-2-3-11-28(20)23/h2-3,6-11,15,19H,4-5,12-14H2,1H3/t19-/m0/s1. The molecule has 0 radical (unpaired) electrons. The van der Waals surface area contributed by atoms with Crippen molar-refractivity contribution in [3.63, 3.8) is 0 Å². The number of aromatic nitrogens is 4. The maximum Gasteiger partial charge on any atom is 0.229 e. The van der Waals surface area contributed by atoms with Gasteiger partial charge >= 0.3 is 0 Å². The van der Waals surface area contributed by atoms with E-state index in [-0.39, 0.29) is 18.4 Å². The molecule has 1 aliphatic heterocycles. The zero-order valence-corrected chi connectivity index (χ0v) is 18.1. The maximum atomic E-state index is 13.1. The van der Waals surface area contributed by atoms with Gasteiger partial charge in [-0.3, -0.25) is 9.20 Å². The van der Waals surface area contributed by atoms with Crippen molar-refractivity contribution in [3.05, 3.63) is 76.1 Å². The number of benzene rings is 1. The lowest BCUT2D eigenvalue weighted by Crippen LogP contribution is -2.32. The average molecular weight is 434 g/mol. The van der Waals surface area contributed by atoms with Crippen molar-refractivity contribution in [1.82, 2.24) is 24.5 Å². The Morgan fingerprint density at radius 3 is 2.94 bits per heavy atom. The Labute approximate surface area is 184 Å². The number of carbonyl (C=O) groups excluding carboxylic acids is 1. The van der Waals surface area contributed by atoms with Crippen molar-refractivity contribution in [3.8, 4) is 5.75 Å². The molecule has 0 aliphatic carbocycles. The molecule has 0 bridgehead atoms. The number of rotatable bonds is 6. The summed E-state index contributed by atoms with van der Waals surface area (Å²) >= 11 is 1.52. The van der Waals surface area contributed by atoms with Gasteiger partial charge < -0.3 is 9.64 Å². The number of thiazole rings is 1. The molecule has 5 rings (SSSR count). The summed E-state index contributed by atoms with van der Waals surface area (Å²) in [6, 6.07) is 13.7. The van der Waals surface area contributed by atoms with Gasteiger partial charge in [0.05, 0.1) is 18.2 Å². The summed E-state index contributed by atoms with van der Waals surface area (Å²) < 4.78 is 7.78. The highest BCUT2D eigenvalue weighted by Gasteiger charge is 2.33. The summed E-state index contributed by atoms with van der Waals surface area (Å²) in [4.78, 5) is 19.6. The van der Waals surface area contributed by atoms with E-state index >= 15 is 0 Å². The van der Waals surface area contributed by atoms with E-state index in [1.165, 1.54) is 16.9 Å². The molecule has 8 heteroatoms.